The van der Waals surface area contributed by atoms with Gasteiger partial charge in [-0.1, -0.05) is 0 Å². The molecule has 4 nitrogen and oxygen atoms in total. The van der Waals surface area contributed by atoms with Crippen molar-refractivity contribution in [3.05, 3.63) is 40.2 Å². The lowest BCUT2D eigenvalue weighted by atomic mass is 10.2. The molecule has 1 aromatic heterocycles. The number of nitrogen functional groups attached to an aromatic ring is 1. The number of nitrogens with two attached hydrogens (primary N) is 1. The van der Waals surface area contributed by atoms with Gasteiger partial charge in [-0.05, 0) is 25.1 Å². The second-order valence-electron chi connectivity index (χ2n) is 3.49. The van der Waals surface area contributed by atoms with E-state index in [1.807, 2.05) is 13.0 Å². The Morgan fingerprint density at radius 2 is 2.19 bits per heavy atom. The fraction of sp³-hybridized carbons (Fsp3) is 0.250. The summed E-state index contributed by atoms with van der Waals surface area (Å²) in [5, 5.41) is 0.850. The summed E-state index contributed by atoms with van der Waals surface area (Å²) in [5.74, 6) is 0. The Morgan fingerprint density at radius 1 is 1.38 bits per heavy atom. The summed E-state index contributed by atoms with van der Waals surface area (Å²) in [7, 11) is 0. The van der Waals surface area contributed by atoms with E-state index in [0.29, 0.717) is 23.4 Å². The van der Waals surface area contributed by atoms with E-state index in [1.165, 1.54) is 0 Å². The lowest BCUT2D eigenvalue weighted by Gasteiger charge is -2.02. The van der Waals surface area contributed by atoms with Crippen LogP contribution in [0.25, 0.3) is 11.0 Å². The van der Waals surface area contributed by atoms with Crippen LogP contribution in [0.15, 0.2) is 33.5 Å². The summed E-state index contributed by atoms with van der Waals surface area (Å²) in [6.07, 6.45) is 0. The van der Waals surface area contributed by atoms with E-state index in [-0.39, 0.29) is 12.2 Å². The minimum absolute atomic E-state index is 0.277. The maximum absolute atomic E-state index is 11.6. The standard InChI is InChI=1S/C12H13NO3/c1-2-15-7-9-5-8-3-4-10(13)6-11(8)16-12(9)14/h3-6H,2,7,13H2,1H3. The molecule has 0 fully saturated rings. The van der Waals surface area contributed by atoms with Gasteiger partial charge in [0.2, 0.25) is 0 Å². The zero-order chi connectivity index (χ0) is 11.5. The van der Waals surface area contributed by atoms with Gasteiger partial charge in [-0.3, -0.25) is 0 Å². The molecule has 16 heavy (non-hydrogen) atoms. The van der Waals surface area contributed by atoms with Crippen LogP contribution in [-0.4, -0.2) is 6.61 Å². The Kier molecular flexibility index (Phi) is 2.92. The molecule has 0 amide bonds. The van der Waals surface area contributed by atoms with Gasteiger partial charge in [-0.15, -0.1) is 0 Å². The molecule has 0 atom stereocenters. The molecule has 0 unspecified atom stereocenters. The van der Waals surface area contributed by atoms with Gasteiger partial charge in [0.05, 0.1) is 12.2 Å². The summed E-state index contributed by atoms with van der Waals surface area (Å²) in [5.41, 5.74) is 6.85. The predicted octanol–water partition coefficient (Wildman–Crippen LogP) is 1.91. The van der Waals surface area contributed by atoms with Crippen molar-refractivity contribution in [2.75, 3.05) is 12.3 Å². The third-order valence-electron chi connectivity index (χ3n) is 2.29. The van der Waals surface area contributed by atoms with Crippen LogP contribution < -0.4 is 11.4 Å². The highest BCUT2D eigenvalue weighted by Gasteiger charge is 2.05. The summed E-state index contributed by atoms with van der Waals surface area (Å²) in [6.45, 7) is 2.72. The van der Waals surface area contributed by atoms with Gasteiger partial charge in [0.1, 0.15) is 5.58 Å². The third kappa shape index (κ3) is 2.06. The maximum atomic E-state index is 11.6. The molecule has 0 saturated heterocycles. The molecule has 0 saturated carbocycles. The fourth-order valence-electron chi connectivity index (χ4n) is 1.48. The van der Waals surface area contributed by atoms with Crippen molar-refractivity contribution >= 4 is 16.7 Å². The Morgan fingerprint density at radius 3 is 2.94 bits per heavy atom. The van der Waals surface area contributed by atoms with Crippen LogP contribution in [0.4, 0.5) is 5.69 Å². The second-order valence-corrected chi connectivity index (χ2v) is 3.49. The first kappa shape index (κ1) is 10.7. The van der Waals surface area contributed by atoms with Crippen molar-refractivity contribution in [3.8, 4) is 0 Å². The lowest BCUT2D eigenvalue weighted by Crippen LogP contribution is -2.08. The highest BCUT2D eigenvalue weighted by atomic mass is 16.5. The van der Waals surface area contributed by atoms with Crippen LogP contribution in [0, 0.1) is 0 Å². The molecule has 2 rings (SSSR count). The smallest absolute Gasteiger partial charge is 0.341 e. The minimum Gasteiger partial charge on any atom is -0.422 e. The third-order valence-corrected chi connectivity index (χ3v) is 2.29. The second kappa shape index (κ2) is 4.37. The van der Waals surface area contributed by atoms with Gasteiger partial charge in [-0.25, -0.2) is 4.79 Å². The van der Waals surface area contributed by atoms with Crippen LogP contribution in [0.5, 0.6) is 0 Å². The van der Waals surface area contributed by atoms with E-state index in [4.69, 9.17) is 14.9 Å². The molecule has 0 aliphatic carbocycles. The number of hydrogen-bond acceptors (Lipinski definition) is 4. The Labute approximate surface area is 92.6 Å². The molecule has 1 heterocycles. The van der Waals surface area contributed by atoms with E-state index in [2.05, 4.69) is 0 Å². The average molecular weight is 219 g/mol. The van der Waals surface area contributed by atoms with Crippen LogP contribution >= 0.6 is 0 Å². The summed E-state index contributed by atoms with van der Waals surface area (Å²) >= 11 is 0. The van der Waals surface area contributed by atoms with E-state index in [9.17, 15) is 4.79 Å². The van der Waals surface area contributed by atoms with Crippen LogP contribution in [0.1, 0.15) is 12.5 Å². The van der Waals surface area contributed by atoms with Crippen LogP contribution in [0.3, 0.4) is 0 Å². The van der Waals surface area contributed by atoms with Crippen molar-refractivity contribution in [2.24, 2.45) is 0 Å². The molecule has 0 bridgehead atoms. The largest absolute Gasteiger partial charge is 0.422 e. The Bertz CT molecular complexity index is 560. The van der Waals surface area contributed by atoms with Gasteiger partial charge >= 0.3 is 5.63 Å². The van der Waals surface area contributed by atoms with Gasteiger partial charge in [0.25, 0.3) is 0 Å². The summed E-state index contributed by atoms with van der Waals surface area (Å²) in [6, 6.07) is 7.01. The van der Waals surface area contributed by atoms with Gasteiger partial charge in [0, 0.05) is 23.7 Å². The van der Waals surface area contributed by atoms with Crippen LogP contribution in [0.2, 0.25) is 0 Å². The van der Waals surface area contributed by atoms with Crippen molar-refractivity contribution in [3.63, 3.8) is 0 Å². The zero-order valence-electron chi connectivity index (χ0n) is 9.03. The monoisotopic (exact) mass is 219 g/mol. The van der Waals surface area contributed by atoms with E-state index in [1.54, 1.807) is 18.2 Å². The number of anilines is 1. The molecule has 0 spiro atoms. The molecule has 84 valence electrons. The Hall–Kier alpha value is -1.81. The summed E-state index contributed by atoms with van der Waals surface area (Å²) < 4.78 is 10.3. The average Bonchev–Trinajstić information content (AvgIpc) is 2.26. The van der Waals surface area contributed by atoms with E-state index in [0.717, 1.165) is 5.39 Å². The van der Waals surface area contributed by atoms with Crippen LogP contribution in [-0.2, 0) is 11.3 Å². The lowest BCUT2D eigenvalue weighted by molar-refractivity contribution is 0.132. The highest BCUT2D eigenvalue weighted by molar-refractivity contribution is 5.80. The molecular formula is C12H13NO3. The van der Waals surface area contributed by atoms with Crippen molar-refractivity contribution < 1.29 is 9.15 Å². The van der Waals surface area contributed by atoms with Gasteiger partial charge in [0.15, 0.2) is 0 Å². The molecule has 1 aromatic carbocycles. The first-order valence-corrected chi connectivity index (χ1v) is 5.10. The number of hydrogen-bond donors (Lipinski definition) is 1. The predicted molar refractivity (Wildman–Crippen MR) is 62.2 cm³/mol. The zero-order valence-corrected chi connectivity index (χ0v) is 9.03. The first-order valence-electron chi connectivity index (χ1n) is 5.10. The van der Waals surface area contributed by atoms with Crippen molar-refractivity contribution in [2.45, 2.75) is 13.5 Å². The first-order chi connectivity index (χ1) is 7.70. The molecule has 0 radical (unpaired) electrons. The number of rotatable bonds is 3. The topological polar surface area (TPSA) is 65.5 Å². The molecule has 0 aliphatic heterocycles. The number of ether oxygens (including phenoxy) is 1. The van der Waals surface area contributed by atoms with Crippen molar-refractivity contribution in [1.82, 2.24) is 0 Å². The van der Waals surface area contributed by atoms with Crippen molar-refractivity contribution in [1.29, 1.82) is 0 Å². The SMILES string of the molecule is CCOCc1cc2ccc(N)cc2oc1=O. The molecule has 2 N–H and O–H groups in total. The highest BCUT2D eigenvalue weighted by Crippen LogP contribution is 2.16. The van der Waals surface area contributed by atoms with E-state index < -0.39 is 0 Å². The van der Waals surface area contributed by atoms with Gasteiger partial charge < -0.3 is 14.9 Å². The number of benzene rings is 1. The maximum Gasteiger partial charge on any atom is 0.341 e. The minimum atomic E-state index is -0.369. The molecule has 2 aromatic rings. The normalized spacial score (nSPS) is 10.8. The molecule has 4 heteroatoms. The molecule has 0 aliphatic rings. The molecular weight excluding hydrogens is 206 g/mol. The van der Waals surface area contributed by atoms with Gasteiger partial charge in [-0.2, -0.15) is 0 Å². The Balaban J connectivity index is 2.50. The fourth-order valence-corrected chi connectivity index (χ4v) is 1.48. The quantitative estimate of drug-likeness (QED) is 0.632. The number of fused-ring (bicyclic) bond motifs is 1. The summed E-state index contributed by atoms with van der Waals surface area (Å²) in [4.78, 5) is 11.6. The van der Waals surface area contributed by atoms with E-state index >= 15 is 0 Å².